The van der Waals surface area contributed by atoms with E-state index in [4.69, 9.17) is 0 Å². The summed E-state index contributed by atoms with van der Waals surface area (Å²) in [6.07, 6.45) is 2.19. The smallest absolute Gasteiger partial charge is 0.191 e. The van der Waals surface area contributed by atoms with Crippen LogP contribution in [-0.4, -0.2) is 33.7 Å². The highest BCUT2D eigenvalue weighted by atomic mass is 32.2. The van der Waals surface area contributed by atoms with Crippen LogP contribution in [0.25, 0.3) is 0 Å². The molecule has 0 aliphatic heterocycles. The molecule has 1 heterocycles. The van der Waals surface area contributed by atoms with Gasteiger partial charge < -0.3 is 10.6 Å². The number of sulfone groups is 1. The summed E-state index contributed by atoms with van der Waals surface area (Å²) in [4.78, 5) is 6.30. The fraction of sp³-hybridized carbons (Fsp3) is 0.389. The quantitative estimate of drug-likeness (QED) is 0.573. The first-order chi connectivity index (χ1) is 11.9. The number of rotatable bonds is 7. The van der Waals surface area contributed by atoms with E-state index in [2.05, 4.69) is 33.1 Å². The van der Waals surface area contributed by atoms with Gasteiger partial charge in [-0.05, 0) is 48.9 Å². The molecule has 2 rings (SSSR count). The molecule has 1 aromatic heterocycles. The van der Waals surface area contributed by atoms with Crippen molar-refractivity contribution < 1.29 is 8.42 Å². The molecule has 25 heavy (non-hydrogen) atoms. The molecule has 0 bridgehead atoms. The van der Waals surface area contributed by atoms with E-state index < -0.39 is 9.84 Å². The third-order valence-electron chi connectivity index (χ3n) is 3.65. The van der Waals surface area contributed by atoms with Gasteiger partial charge in [0.15, 0.2) is 15.8 Å². The number of nitrogens with one attached hydrogen (secondary N) is 2. The molecule has 0 amide bonds. The molecular weight excluding hydrogens is 354 g/mol. The van der Waals surface area contributed by atoms with Gasteiger partial charge in [0.2, 0.25) is 0 Å². The van der Waals surface area contributed by atoms with Crippen molar-refractivity contribution in [3.8, 4) is 0 Å². The van der Waals surface area contributed by atoms with Crippen molar-refractivity contribution in [2.75, 3.05) is 19.3 Å². The van der Waals surface area contributed by atoms with Crippen molar-refractivity contribution >= 4 is 27.1 Å². The predicted octanol–water partition coefficient (Wildman–Crippen LogP) is 2.76. The number of aliphatic imine (C=N–C) groups is 1. The van der Waals surface area contributed by atoms with Crippen LogP contribution in [0.5, 0.6) is 0 Å². The maximum absolute atomic E-state index is 11.7. The Morgan fingerprint density at radius 1 is 1.24 bits per heavy atom. The van der Waals surface area contributed by atoms with Gasteiger partial charge in [-0.15, -0.1) is 11.3 Å². The van der Waals surface area contributed by atoms with Gasteiger partial charge >= 0.3 is 0 Å². The zero-order valence-electron chi connectivity index (χ0n) is 14.9. The van der Waals surface area contributed by atoms with Crippen LogP contribution in [0.2, 0.25) is 0 Å². The standard InChI is InChI=1S/C18H25N3O2S2/c1-4-19-18(20-10-9-16-6-5-11-24-16)21-13-15-7-8-17(14(2)12-15)25(3,22)23/h5-8,11-12H,4,9-10,13H2,1-3H3,(H2,19,20,21). The third kappa shape index (κ3) is 6.17. The summed E-state index contributed by atoms with van der Waals surface area (Å²) in [5, 5.41) is 8.64. The number of guanidine groups is 1. The van der Waals surface area contributed by atoms with Gasteiger partial charge in [0.1, 0.15) is 0 Å². The first-order valence-electron chi connectivity index (χ1n) is 8.24. The zero-order valence-corrected chi connectivity index (χ0v) is 16.5. The molecule has 0 aliphatic carbocycles. The van der Waals surface area contributed by atoms with E-state index in [1.54, 1.807) is 17.4 Å². The van der Waals surface area contributed by atoms with Crippen LogP contribution in [0.3, 0.4) is 0 Å². The lowest BCUT2D eigenvalue weighted by Crippen LogP contribution is -2.38. The maximum atomic E-state index is 11.7. The SMILES string of the molecule is CCNC(=NCc1ccc(S(C)(=O)=O)c(C)c1)NCCc1cccs1. The topological polar surface area (TPSA) is 70.6 Å². The highest BCUT2D eigenvalue weighted by Crippen LogP contribution is 2.17. The fourth-order valence-electron chi connectivity index (χ4n) is 2.50. The zero-order chi connectivity index (χ0) is 18.3. The van der Waals surface area contributed by atoms with Gasteiger partial charge in [0, 0.05) is 24.2 Å². The molecule has 136 valence electrons. The molecule has 0 saturated heterocycles. The Balaban J connectivity index is 1.99. The highest BCUT2D eigenvalue weighted by molar-refractivity contribution is 7.90. The summed E-state index contributed by atoms with van der Waals surface area (Å²) in [5.74, 6) is 0.767. The van der Waals surface area contributed by atoms with Crippen LogP contribution < -0.4 is 10.6 Å². The first kappa shape index (κ1) is 19.5. The van der Waals surface area contributed by atoms with Crippen LogP contribution in [-0.2, 0) is 22.8 Å². The number of hydrogen-bond donors (Lipinski definition) is 2. The predicted molar refractivity (Wildman–Crippen MR) is 105 cm³/mol. The minimum Gasteiger partial charge on any atom is -0.357 e. The first-order valence-corrected chi connectivity index (χ1v) is 11.0. The molecule has 0 aliphatic rings. The molecule has 5 nitrogen and oxygen atoms in total. The number of nitrogens with zero attached hydrogens (tertiary/aromatic N) is 1. The average molecular weight is 380 g/mol. The molecule has 0 fully saturated rings. The molecule has 1 aromatic carbocycles. The average Bonchev–Trinajstić information content (AvgIpc) is 3.04. The van der Waals surface area contributed by atoms with Crippen LogP contribution in [0.15, 0.2) is 45.6 Å². The Labute approximate surface area is 154 Å². The maximum Gasteiger partial charge on any atom is 0.191 e. The summed E-state index contributed by atoms with van der Waals surface area (Å²) in [6.45, 7) is 5.95. The second-order valence-electron chi connectivity index (χ2n) is 5.82. The van der Waals surface area contributed by atoms with Crippen LogP contribution >= 0.6 is 11.3 Å². The molecule has 0 atom stereocenters. The molecule has 2 N–H and O–H groups in total. The lowest BCUT2D eigenvalue weighted by Gasteiger charge is -2.11. The van der Waals surface area contributed by atoms with Crippen LogP contribution in [0.4, 0.5) is 0 Å². The van der Waals surface area contributed by atoms with Gasteiger partial charge in [-0.2, -0.15) is 0 Å². The summed E-state index contributed by atoms with van der Waals surface area (Å²) in [6, 6.07) is 9.55. The Morgan fingerprint density at radius 2 is 2.04 bits per heavy atom. The Hall–Kier alpha value is -1.86. The number of aryl methyl sites for hydroxylation is 1. The van der Waals surface area contributed by atoms with Crippen molar-refractivity contribution in [2.45, 2.75) is 31.7 Å². The Morgan fingerprint density at radius 3 is 2.64 bits per heavy atom. The van der Waals surface area contributed by atoms with Gasteiger partial charge in [0.25, 0.3) is 0 Å². The van der Waals surface area contributed by atoms with E-state index >= 15 is 0 Å². The monoisotopic (exact) mass is 379 g/mol. The number of hydrogen-bond acceptors (Lipinski definition) is 4. The Kier molecular flexibility index (Phi) is 7.01. The van der Waals surface area contributed by atoms with Gasteiger partial charge in [-0.1, -0.05) is 18.2 Å². The van der Waals surface area contributed by atoms with Gasteiger partial charge in [-0.25, -0.2) is 13.4 Å². The van der Waals surface area contributed by atoms with E-state index in [9.17, 15) is 8.42 Å². The van der Waals surface area contributed by atoms with Crippen molar-refractivity contribution in [2.24, 2.45) is 4.99 Å². The fourth-order valence-corrected chi connectivity index (χ4v) is 4.16. The van der Waals surface area contributed by atoms with Crippen molar-refractivity contribution in [3.63, 3.8) is 0 Å². The summed E-state index contributed by atoms with van der Waals surface area (Å²) >= 11 is 1.75. The number of benzene rings is 1. The van der Waals surface area contributed by atoms with E-state index in [1.165, 1.54) is 11.1 Å². The second-order valence-corrected chi connectivity index (χ2v) is 8.84. The van der Waals surface area contributed by atoms with Gasteiger partial charge in [-0.3, -0.25) is 0 Å². The van der Waals surface area contributed by atoms with Crippen LogP contribution in [0, 0.1) is 6.92 Å². The van der Waals surface area contributed by atoms with Gasteiger partial charge in [0.05, 0.1) is 11.4 Å². The lowest BCUT2D eigenvalue weighted by molar-refractivity contribution is 0.601. The van der Waals surface area contributed by atoms with E-state index in [0.717, 1.165) is 36.6 Å². The summed E-state index contributed by atoms with van der Waals surface area (Å²) in [5.41, 5.74) is 1.74. The number of thiophene rings is 1. The summed E-state index contributed by atoms with van der Waals surface area (Å²) in [7, 11) is -3.18. The summed E-state index contributed by atoms with van der Waals surface area (Å²) < 4.78 is 23.4. The third-order valence-corrected chi connectivity index (χ3v) is 5.84. The molecule has 0 unspecified atom stereocenters. The lowest BCUT2D eigenvalue weighted by atomic mass is 10.1. The highest BCUT2D eigenvalue weighted by Gasteiger charge is 2.10. The molecule has 7 heteroatoms. The largest absolute Gasteiger partial charge is 0.357 e. The minimum atomic E-state index is -3.18. The normalized spacial score (nSPS) is 12.2. The molecular formula is C18H25N3O2S2. The molecule has 0 spiro atoms. The van der Waals surface area contributed by atoms with E-state index in [0.29, 0.717) is 11.4 Å². The van der Waals surface area contributed by atoms with Crippen LogP contribution in [0.1, 0.15) is 22.9 Å². The molecule has 0 radical (unpaired) electrons. The van der Waals surface area contributed by atoms with E-state index in [-0.39, 0.29) is 0 Å². The molecule has 2 aromatic rings. The van der Waals surface area contributed by atoms with Crippen molar-refractivity contribution in [1.29, 1.82) is 0 Å². The van der Waals surface area contributed by atoms with Crippen molar-refractivity contribution in [3.05, 3.63) is 51.7 Å². The second kappa shape index (κ2) is 9.01. The van der Waals surface area contributed by atoms with Crippen molar-refractivity contribution in [1.82, 2.24) is 10.6 Å². The minimum absolute atomic E-state index is 0.376. The van der Waals surface area contributed by atoms with E-state index in [1.807, 2.05) is 26.0 Å². The molecule has 0 saturated carbocycles. The Bertz CT molecular complexity index is 813.